The molecule has 8 heteroatoms. The Labute approximate surface area is 225 Å². The second-order valence-corrected chi connectivity index (χ2v) is 12.1. The summed E-state index contributed by atoms with van der Waals surface area (Å²) in [6, 6.07) is 18.2. The largest absolute Gasteiger partial charge is 0.511 e. The van der Waals surface area contributed by atoms with Crippen molar-refractivity contribution in [2.45, 2.75) is 48.4 Å². The van der Waals surface area contributed by atoms with Gasteiger partial charge in [0.1, 0.15) is 11.5 Å². The number of fused-ring (bicyclic) bond motifs is 2. The molecule has 6 nitrogen and oxygen atoms in total. The summed E-state index contributed by atoms with van der Waals surface area (Å²) in [7, 11) is 1.63. The molecule has 2 saturated carbocycles. The first kappa shape index (κ1) is 24.8. The summed E-state index contributed by atoms with van der Waals surface area (Å²) in [6.45, 7) is -0.416. The Balaban J connectivity index is 1.53. The topological polar surface area (TPSA) is 97.0 Å². The number of hydrogen-bond donors (Lipinski definition) is 3. The number of halogens is 2. The van der Waals surface area contributed by atoms with Gasteiger partial charge < -0.3 is 25.0 Å². The standard InChI is InChI=1S/C31H30F2N2O4/c1-35-16-22-24(19-5-3-2-4-6-19)31(20-9-7-18(15-34)8-10-20)30(38,26(22)36)25-23(39-31)14-28(27(25)37)12-11-21(13-28)29(32,33)17-35/h2-10,14,21-22,24,26,36-38H,11-13,16-17H2,1H3/t21?,22-,24-,26-,28?,30+,31+/m1/s1. The van der Waals surface area contributed by atoms with Gasteiger partial charge >= 0.3 is 0 Å². The highest BCUT2D eigenvalue weighted by atomic mass is 19.3. The molecule has 7 rings (SSSR count). The average Bonchev–Trinajstić information content (AvgIpc) is 3.59. The molecule has 2 aromatic rings. The molecule has 0 radical (unpaired) electrons. The fraction of sp³-hybridized carbons (Fsp3) is 0.452. The van der Waals surface area contributed by atoms with Crippen LogP contribution in [0.4, 0.5) is 8.78 Å². The number of rotatable bonds is 2. The molecule has 1 saturated heterocycles. The minimum absolute atomic E-state index is 0.0393. The van der Waals surface area contributed by atoms with Crippen LogP contribution >= 0.6 is 0 Å². The third-order valence-electron chi connectivity index (χ3n) is 10.0. The summed E-state index contributed by atoms with van der Waals surface area (Å²) >= 11 is 0. The van der Waals surface area contributed by atoms with Gasteiger partial charge in [0, 0.05) is 24.3 Å². The van der Waals surface area contributed by atoms with Crippen LogP contribution < -0.4 is 0 Å². The molecule has 2 unspecified atom stereocenters. The van der Waals surface area contributed by atoms with Crippen molar-refractivity contribution in [1.82, 2.24) is 4.90 Å². The Morgan fingerprint density at radius 3 is 2.51 bits per heavy atom. The lowest BCUT2D eigenvalue weighted by Crippen LogP contribution is -2.54. The summed E-state index contributed by atoms with van der Waals surface area (Å²) in [6.07, 6.45) is 0.850. The monoisotopic (exact) mass is 532 g/mol. The molecule has 5 bridgehead atoms. The molecule has 2 heterocycles. The maximum Gasteiger partial charge on any atom is 0.263 e. The van der Waals surface area contributed by atoms with E-state index in [-0.39, 0.29) is 36.5 Å². The number of aliphatic hydroxyl groups is 3. The summed E-state index contributed by atoms with van der Waals surface area (Å²) in [5.74, 6) is -5.23. The molecule has 39 heavy (non-hydrogen) atoms. The van der Waals surface area contributed by atoms with Crippen LogP contribution in [0.3, 0.4) is 0 Å². The van der Waals surface area contributed by atoms with E-state index in [0.29, 0.717) is 17.5 Å². The van der Waals surface area contributed by atoms with Crippen LogP contribution in [0.2, 0.25) is 0 Å². The molecule has 3 aliphatic carbocycles. The van der Waals surface area contributed by atoms with Gasteiger partial charge in [-0.2, -0.15) is 5.26 Å². The molecule has 2 aromatic carbocycles. The second kappa shape index (κ2) is 7.91. The minimum atomic E-state index is -2.99. The van der Waals surface area contributed by atoms with Gasteiger partial charge in [0.2, 0.25) is 0 Å². The summed E-state index contributed by atoms with van der Waals surface area (Å²) in [5.41, 5.74) is -2.86. The van der Waals surface area contributed by atoms with E-state index in [1.54, 1.807) is 42.3 Å². The van der Waals surface area contributed by atoms with Crippen molar-refractivity contribution in [2.75, 3.05) is 20.1 Å². The van der Waals surface area contributed by atoms with E-state index in [0.717, 1.165) is 5.56 Å². The maximum atomic E-state index is 15.6. The van der Waals surface area contributed by atoms with Crippen LogP contribution in [0.25, 0.3) is 0 Å². The zero-order valence-corrected chi connectivity index (χ0v) is 21.5. The fourth-order valence-electron chi connectivity index (χ4n) is 8.40. The predicted octanol–water partition coefficient (Wildman–Crippen LogP) is 4.37. The van der Waals surface area contributed by atoms with Crippen LogP contribution in [-0.4, -0.2) is 58.0 Å². The highest BCUT2D eigenvalue weighted by Crippen LogP contribution is 2.72. The summed E-state index contributed by atoms with van der Waals surface area (Å²) in [5, 5.41) is 46.1. The van der Waals surface area contributed by atoms with Crippen molar-refractivity contribution in [1.29, 1.82) is 5.26 Å². The number of benzene rings is 2. The highest BCUT2D eigenvalue weighted by Gasteiger charge is 2.79. The van der Waals surface area contributed by atoms with E-state index in [1.165, 1.54) is 0 Å². The van der Waals surface area contributed by atoms with Crippen LogP contribution in [0.1, 0.15) is 41.9 Å². The van der Waals surface area contributed by atoms with Crippen LogP contribution in [0, 0.1) is 28.6 Å². The Kier molecular flexibility index (Phi) is 5.02. The van der Waals surface area contributed by atoms with Crippen molar-refractivity contribution in [3.63, 3.8) is 0 Å². The molecule has 2 aliphatic heterocycles. The van der Waals surface area contributed by atoms with Gasteiger partial charge in [-0.05, 0) is 55.6 Å². The zero-order chi connectivity index (χ0) is 27.4. The Bertz CT molecular complexity index is 1450. The van der Waals surface area contributed by atoms with E-state index in [2.05, 4.69) is 6.07 Å². The van der Waals surface area contributed by atoms with Gasteiger partial charge in [-0.25, -0.2) is 8.78 Å². The van der Waals surface area contributed by atoms with Crippen molar-refractivity contribution in [3.8, 4) is 6.07 Å². The number of alkyl halides is 2. The van der Waals surface area contributed by atoms with Gasteiger partial charge in [-0.1, -0.05) is 42.5 Å². The lowest BCUT2D eigenvalue weighted by atomic mass is 9.70. The van der Waals surface area contributed by atoms with Crippen molar-refractivity contribution in [3.05, 3.63) is 94.5 Å². The minimum Gasteiger partial charge on any atom is -0.511 e. The van der Waals surface area contributed by atoms with E-state index in [4.69, 9.17) is 4.74 Å². The van der Waals surface area contributed by atoms with Gasteiger partial charge in [0.15, 0.2) is 11.2 Å². The number of allylic oxidation sites excluding steroid dienone is 1. The van der Waals surface area contributed by atoms with Gasteiger partial charge in [-0.3, -0.25) is 0 Å². The quantitative estimate of drug-likeness (QED) is 0.532. The van der Waals surface area contributed by atoms with Gasteiger partial charge in [0.25, 0.3) is 5.92 Å². The van der Waals surface area contributed by atoms with Crippen molar-refractivity contribution >= 4 is 0 Å². The zero-order valence-electron chi connectivity index (χ0n) is 21.5. The molecule has 3 fully saturated rings. The van der Waals surface area contributed by atoms with Crippen molar-refractivity contribution < 1.29 is 28.8 Å². The smallest absolute Gasteiger partial charge is 0.263 e. The molecular formula is C31H30F2N2O4. The number of aliphatic hydroxyl groups excluding tert-OH is 2. The summed E-state index contributed by atoms with van der Waals surface area (Å²) in [4.78, 5) is 1.55. The van der Waals surface area contributed by atoms with Crippen LogP contribution in [0.15, 0.2) is 77.8 Å². The number of hydrogen-bond acceptors (Lipinski definition) is 6. The van der Waals surface area contributed by atoms with Crippen LogP contribution in [-0.2, 0) is 10.3 Å². The third kappa shape index (κ3) is 2.98. The predicted molar refractivity (Wildman–Crippen MR) is 138 cm³/mol. The number of nitrogens with zero attached hydrogens (tertiary/aromatic N) is 2. The highest BCUT2D eigenvalue weighted by molar-refractivity contribution is 5.61. The number of nitriles is 1. The Morgan fingerprint density at radius 1 is 1.10 bits per heavy atom. The molecule has 5 aliphatic rings. The molecule has 0 amide bonds. The first-order chi connectivity index (χ1) is 18.6. The lowest BCUT2D eigenvalue weighted by molar-refractivity contribution is -0.133. The molecule has 3 N–H and O–H groups in total. The SMILES string of the molecule is CN1C[C@H]2[C@@H](O)[C@@]3(O)C4=C(O)C5(C=C4O[C@@]3(c3ccc(C#N)cc3)[C@@H]2c2ccccc2)CCC(C5)C(F)(F)C1. The van der Waals surface area contributed by atoms with Crippen molar-refractivity contribution in [2.24, 2.45) is 17.3 Å². The van der Waals surface area contributed by atoms with E-state index in [1.807, 2.05) is 30.3 Å². The third-order valence-corrected chi connectivity index (χ3v) is 10.0. The Hall–Kier alpha value is -3.25. The average molecular weight is 533 g/mol. The van der Waals surface area contributed by atoms with Crippen LogP contribution in [0.5, 0.6) is 0 Å². The molecule has 202 valence electrons. The normalized spacial score (nSPS) is 40.2. The lowest BCUT2D eigenvalue weighted by Gasteiger charge is -2.41. The molecule has 7 atom stereocenters. The van der Waals surface area contributed by atoms with Gasteiger partial charge in [-0.15, -0.1) is 0 Å². The Morgan fingerprint density at radius 2 is 1.82 bits per heavy atom. The first-order valence-corrected chi connectivity index (χ1v) is 13.5. The molecule has 0 aromatic heterocycles. The van der Waals surface area contributed by atoms with Gasteiger partial charge in [0.05, 0.1) is 35.3 Å². The second-order valence-electron chi connectivity index (χ2n) is 12.1. The van der Waals surface area contributed by atoms with E-state index >= 15 is 8.78 Å². The van der Waals surface area contributed by atoms with E-state index < -0.39 is 52.9 Å². The molecule has 1 spiro atoms. The number of ether oxygens (including phenoxy) is 1. The van der Waals surface area contributed by atoms with E-state index in [9.17, 15) is 20.6 Å². The fourth-order valence-corrected chi connectivity index (χ4v) is 8.40. The first-order valence-electron chi connectivity index (χ1n) is 13.5. The molecular weight excluding hydrogens is 502 g/mol. The maximum absolute atomic E-state index is 15.6. The summed E-state index contributed by atoms with van der Waals surface area (Å²) < 4.78 is 38.0.